The zero-order valence-electron chi connectivity index (χ0n) is 20.6. The van der Waals surface area contributed by atoms with Crippen LogP contribution < -0.4 is 5.32 Å². The molecule has 194 valence electrons. The largest absolute Gasteiger partial charge is 0.416 e. The molecule has 0 saturated heterocycles. The van der Waals surface area contributed by atoms with E-state index in [1.807, 2.05) is 49.4 Å². The predicted molar refractivity (Wildman–Crippen MR) is 140 cm³/mol. The van der Waals surface area contributed by atoms with E-state index in [2.05, 4.69) is 16.9 Å². The Labute approximate surface area is 218 Å². The van der Waals surface area contributed by atoms with E-state index in [0.29, 0.717) is 16.9 Å². The summed E-state index contributed by atoms with van der Waals surface area (Å²) in [6.45, 7) is 5.36. The molecule has 2 amide bonds. The molecule has 0 saturated carbocycles. The highest BCUT2D eigenvalue weighted by atomic mass is 19.4. The van der Waals surface area contributed by atoms with Gasteiger partial charge in [0.05, 0.1) is 11.3 Å². The van der Waals surface area contributed by atoms with Gasteiger partial charge < -0.3 is 4.90 Å². The summed E-state index contributed by atoms with van der Waals surface area (Å²) in [7, 11) is 0. The highest BCUT2D eigenvalue weighted by Crippen LogP contribution is 2.31. The van der Waals surface area contributed by atoms with E-state index in [9.17, 15) is 22.8 Å². The van der Waals surface area contributed by atoms with Crippen molar-refractivity contribution in [3.63, 3.8) is 0 Å². The molecule has 4 rings (SSSR count). The Morgan fingerprint density at radius 2 is 1.66 bits per heavy atom. The first kappa shape index (κ1) is 26.4. The van der Waals surface area contributed by atoms with Crippen molar-refractivity contribution in [1.29, 1.82) is 0 Å². The van der Waals surface area contributed by atoms with E-state index < -0.39 is 17.6 Å². The second-order valence-electron chi connectivity index (χ2n) is 8.57. The van der Waals surface area contributed by atoms with Gasteiger partial charge in [-0.1, -0.05) is 54.6 Å². The molecule has 0 unspecified atom stereocenters. The second kappa shape index (κ2) is 11.2. The third-order valence-corrected chi connectivity index (χ3v) is 5.85. The Hall–Kier alpha value is -4.66. The lowest BCUT2D eigenvalue weighted by Crippen LogP contribution is -2.38. The van der Waals surface area contributed by atoms with Crippen LogP contribution in [-0.4, -0.2) is 39.4 Å². The lowest BCUT2D eigenvalue weighted by molar-refractivity contribution is -0.137. The maximum absolute atomic E-state index is 13.1. The molecule has 0 atom stereocenters. The number of amides is 2. The average molecular weight is 519 g/mol. The van der Waals surface area contributed by atoms with Crippen LogP contribution in [0.5, 0.6) is 0 Å². The number of rotatable bonds is 8. The molecule has 0 radical (unpaired) electrons. The van der Waals surface area contributed by atoms with Gasteiger partial charge in [0.2, 0.25) is 11.9 Å². The zero-order valence-corrected chi connectivity index (χ0v) is 20.6. The molecule has 4 aromatic rings. The lowest BCUT2D eigenvalue weighted by Gasteiger charge is -2.21. The Morgan fingerprint density at radius 3 is 2.29 bits per heavy atom. The third-order valence-electron chi connectivity index (χ3n) is 5.85. The van der Waals surface area contributed by atoms with Crippen molar-refractivity contribution < 1.29 is 22.8 Å². The summed E-state index contributed by atoms with van der Waals surface area (Å²) in [5.41, 5.74) is 2.11. The number of carbonyl (C=O) groups excluding carboxylic acids is 2. The van der Waals surface area contributed by atoms with Gasteiger partial charge in [-0.25, -0.2) is 4.98 Å². The standard InChI is InChI=1S/C29H25F3N4O2/c1-3-17-35(27(38)24-12-8-7-9-20(24)2)19-26(37)34-28-33-25(21-10-5-4-6-11-21)18-36(28)23-15-13-22(14-16-23)29(30,31)32/h3-16,18H,1,17,19H2,2H3,(H,33,34,37). The first-order chi connectivity index (χ1) is 18.2. The summed E-state index contributed by atoms with van der Waals surface area (Å²) < 4.78 is 40.7. The highest BCUT2D eigenvalue weighted by molar-refractivity contribution is 6.00. The fraction of sp³-hybridized carbons (Fsp3) is 0.138. The maximum Gasteiger partial charge on any atom is 0.416 e. The Balaban J connectivity index is 1.63. The SMILES string of the molecule is C=CCN(CC(=O)Nc1nc(-c2ccccc2)cn1-c1ccc(C(F)(F)F)cc1)C(=O)c1ccccc1C. The highest BCUT2D eigenvalue weighted by Gasteiger charge is 2.30. The Kier molecular flexibility index (Phi) is 7.76. The maximum atomic E-state index is 13.1. The summed E-state index contributed by atoms with van der Waals surface area (Å²) in [5.74, 6) is -0.739. The fourth-order valence-corrected chi connectivity index (χ4v) is 3.92. The van der Waals surface area contributed by atoms with E-state index in [-0.39, 0.29) is 24.9 Å². The minimum absolute atomic E-state index is 0.107. The topological polar surface area (TPSA) is 67.2 Å². The number of aryl methyl sites for hydroxylation is 1. The molecule has 0 aliphatic rings. The Bertz CT molecular complexity index is 1440. The van der Waals surface area contributed by atoms with Gasteiger partial charge in [-0.05, 0) is 42.8 Å². The van der Waals surface area contributed by atoms with Gasteiger partial charge >= 0.3 is 6.18 Å². The van der Waals surface area contributed by atoms with Gasteiger partial charge in [-0.2, -0.15) is 13.2 Å². The molecule has 6 nitrogen and oxygen atoms in total. The van der Waals surface area contributed by atoms with E-state index in [0.717, 1.165) is 23.3 Å². The number of carbonyl (C=O) groups is 2. The number of benzene rings is 3. The van der Waals surface area contributed by atoms with E-state index in [4.69, 9.17) is 0 Å². The van der Waals surface area contributed by atoms with Crippen molar-refractivity contribution in [2.24, 2.45) is 0 Å². The molecular formula is C29H25F3N4O2. The van der Waals surface area contributed by atoms with Gasteiger partial charge in [0, 0.05) is 29.6 Å². The first-order valence-electron chi connectivity index (χ1n) is 11.8. The van der Waals surface area contributed by atoms with Gasteiger partial charge in [-0.3, -0.25) is 19.5 Å². The van der Waals surface area contributed by atoms with Gasteiger partial charge in [0.1, 0.15) is 6.54 Å². The third kappa shape index (κ3) is 6.00. The molecule has 0 aliphatic heterocycles. The molecule has 9 heteroatoms. The zero-order chi connectivity index (χ0) is 27.3. The van der Waals surface area contributed by atoms with Crippen LogP contribution in [0.1, 0.15) is 21.5 Å². The molecular weight excluding hydrogens is 493 g/mol. The molecule has 3 aromatic carbocycles. The Morgan fingerprint density at radius 1 is 1.00 bits per heavy atom. The number of anilines is 1. The first-order valence-corrected chi connectivity index (χ1v) is 11.8. The molecule has 0 fully saturated rings. The van der Waals surface area contributed by atoms with Crippen LogP contribution >= 0.6 is 0 Å². The average Bonchev–Trinajstić information content (AvgIpc) is 3.32. The van der Waals surface area contributed by atoms with Crippen molar-refractivity contribution in [1.82, 2.24) is 14.5 Å². The number of nitrogens with one attached hydrogen (secondary N) is 1. The van der Waals surface area contributed by atoms with Crippen LogP contribution in [0.25, 0.3) is 16.9 Å². The molecule has 0 bridgehead atoms. The van der Waals surface area contributed by atoms with Crippen LogP contribution in [0.4, 0.5) is 19.1 Å². The van der Waals surface area contributed by atoms with E-state index >= 15 is 0 Å². The van der Waals surface area contributed by atoms with Crippen LogP contribution in [0.2, 0.25) is 0 Å². The number of hydrogen-bond donors (Lipinski definition) is 1. The van der Waals surface area contributed by atoms with Crippen molar-refractivity contribution in [2.45, 2.75) is 13.1 Å². The van der Waals surface area contributed by atoms with Crippen molar-refractivity contribution >= 4 is 17.8 Å². The summed E-state index contributed by atoms with van der Waals surface area (Å²) in [5, 5.41) is 2.72. The van der Waals surface area contributed by atoms with Crippen LogP contribution in [-0.2, 0) is 11.0 Å². The number of alkyl halides is 3. The van der Waals surface area contributed by atoms with E-state index in [1.165, 1.54) is 27.7 Å². The molecule has 38 heavy (non-hydrogen) atoms. The number of halogens is 3. The van der Waals surface area contributed by atoms with Crippen LogP contribution in [0, 0.1) is 6.92 Å². The lowest BCUT2D eigenvalue weighted by atomic mass is 10.1. The molecule has 1 N–H and O–H groups in total. The molecule has 0 aliphatic carbocycles. The minimum atomic E-state index is -4.47. The van der Waals surface area contributed by atoms with Gasteiger partial charge in [0.15, 0.2) is 0 Å². The fourth-order valence-electron chi connectivity index (χ4n) is 3.92. The van der Waals surface area contributed by atoms with Crippen molar-refractivity contribution in [2.75, 3.05) is 18.4 Å². The van der Waals surface area contributed by atoms with Gasteiger partial charge in [-0.15, -0.1) is 6.58 Å². The number of nitrogens with zero attached hydrogens (tertiary/aromatic N) is 3. The summed E-state index contributed by atoms with van der Waals surface area (Å²) in [4.78, 5) is 32.1. The summed E-state index contributed by atoms with van der Waals surface area (Å²) >= 11 is 0. The van der Waals surface area contributed by atoms with Crippen molar-refractivity contribution in [3.05, 3.63) is 114 Å². The quantitative estimate of drug-likeness (QED) is 0.285. The van der Waals surface area contributed by atoms with Crippen LogP contribution in [0.3, 0.4) is 0 Å². The smallest absolute Gasteiger partial charge is 0.326 e. The molecule has 1 heterocycles. The van der Waals surface area contributed by atoms with E-state index in [1.54, 1.807) is 18.3 Å². The number of hydrogen-bond acceptors (Lipinski definition) is 3. The van der Waals surface area contributed by atoms with Crippen LogP contribution in [0.15, 0.2) is 97.7 Å². The second-order valence-corrected chi connectivity index (χ2v) is 8.57. The number of imidazole rings is 1. The monoisotopic (exact) mass is 518 g/mol. The van der Waals surface area contributed by atoms with Gasteiger partial charge in [0.25, 0.3) is 5.91 Å². The molecule has 0 spiro atoms. The number of aromatic nitrogens is 2. The predicted octanol–water partition coefficient (Wildman–Crippen LogP) is 6.13. The normalized spacial score (nSPS) is 11.2. The summed E-state index contributed by atoms with van der Waals surface area (Å²) in [6, 6.07) is 20.8. The van der Waals surface area contributed by atoms with Crippen molar-refractivity contribution in [3.8, 4) is 16.9 Å². The minimum Gasteiger partial charge on any atom is -0.326 e. The molecule has 1 aromatic heterocycles. The summed E-state index contributed by atoms with van der Waals surface area (Å²) in [6.07, 6.45) is -1.31.